The number of aliphatic hydroxyl groups is 4. The molecular formula is C22H22O11. The highest BCUT2D eigenvalue weighted by Gasteiger charge is 2.43. The average Bonchev–Trinajstić information content (AvgIpc) is 2.75. The quantitative estimate of drug-likeness (QED) is 0.138. The summed E-state index contributed by atoms with van der Waals surface area (Å²) in [7, 11) is 0. The van der Waals surface area contributed by atoms with Crippen molar-refractivity contribution >= 4 is 17.3 Å². The Morgan fingerprint density at radius 2 is 1.27 bits per heavy atom. The first-order valence-electron chi connectivity index (χ1n) is 9.73. The number of aryl methyl sites for hydroxylation is 1. The van der Waals surface area contributed by atoms with E-state index in [1.54, 1.807) is 0 Å². The summed E-state index contributed by atoms with van der Waals surface area (Å²) in [5.41, 5.74) is -3.09. The lowest BCUT2D eigenvalue weighted by Crippen LogP contribution is -2.46. The molecule has 0 amide bonds. The van der Waals surface area contributed by atoms with E-state index in [9.17, 15) is 55.2 Å². The number of aromatic hydroxyl groups is 4. The zero-order valence-electron chi connectivity index (χ0n) is 17.7. The van der Waals surface area contributed by atoms with Gasteiger partial charge in [-0.2, -0.15) is 0 Å². The van der Waals surface area contributed by atoms with Gasteiger partial charge in [0.1, 0.15) is 35.4 Å². The second-order valence-corrected chi connectivity index (χ2v) is 7.95. The molecule has 2 aromatic rings. The van der Waals surface area contributed by atoms with Crippen LogP contribution in [0.5, 0.6) is 23.0 Å². The molecule has 0 radical (unpaired) electrons. The maximum Gasteiger partial charge on any atom is 0.201 e. The lowest BCUT2D eigenvalue weighted by atomic mass is 9.77. The van der Waals surface area contributed by atoms with Crippen LogP contribution in [0.15, 0.2) is 6.07 Å². The third-order valence-corrected chi connectivity index (χ3v) is 5.77. The second-order valence-electron chi connectivity index (χ2n) is 7.95. The number of fused-ring (bicyclic) bond motifs is 2. The van der Waals surface area contributed by atoms with E-state index in [0.717, 1.165) is 6.92 Å². The predicted molar refractivity (Wildman–Crippen MR) is 110 cm³/mol. The van der Waals surface area contributed by atoms with Crippen LogP contribution in [0.3, 0.4) is 0 Å². The Hall–Kier alpha value is -3.51. The fourth-order valence-corrected chi connectivity index (χ4v) is 3.89. The summed E-state index contributed by atoms with van der Waals surface area (Å²) in [6, 6.07) is 1.21. The summed E-state index contributed by atoms with van der Waals surface area (Å²) in [5.74, 6) is -7.74. The van der Waals surface area contributed by atoms with Gasteiger partial charge in [0.05, 0.1) is 17.2 Å². The maximum atomic E-state index is 13.2. The summed E-state index contributed by atoms with van der Waals surface area (Å²) >= 11 is 0. The van der Waals surface area contributed by atoms with Gasteiger partial charge in [0.25, 0.3) is 0 Å². The van der Waals surface area contributed by atoms with Crippen LogP contribution in [0.1, 0.15) is 60.3 Å². The molecule has 2 aromatic carbocycles. The minimum atomic E-state index is -2.49. The highest BCUT2D eigenvalue weighted by molar-refractivity contribution is 6.32. The molecule has 176 valence electrons. The lowest BCUT2D eigenvalue weighted by Gasteiger charge is -2.26. The van der Waals surface area contributed by atoms with Crippen molar-refractivity contribution in [1.82, 2.24) is 0 Å². The van der Waals surface area contributed by atoms with Gasteiger partial charge in [-0.1, -0.05) is 0 Å². The Bertz CT molecular complexity index is 1210. The van der Waals surface area contributed by atoms with Crippen LogP contribution >= 0.6 is 0 Å². The van der Waals surface area contributed by atoms with Crippen LogP contribution in [0.2, 0.25) is 0 Å². The van der Waals surface area contributed by atoms with Crippen LogP contribution in [0.4, 0.5) is 0 Å². The van der Waals surface area contributed by atoms with Crippen molar-refractivity contribution in [2.45, 2.75) is 45.2 Å². The maximum absolute atomic E-state index is 13.2. The first-order chi connectivity index (χ1) is 15.2. The lowest BCUT2D eigenvalue weighted by molar-refractivity contribution is -0.0894. The first-order valence-corrected chi connectivity index (χ1v) is 9.73. The fraction of sp³-hybridized carbons (Fsp3) is 0.318. The average molecular weight is 462 g/mol. The van der Waals surface area contributed by atoms with Crippen LogP contribution in [-0.2, 0) is 0 Å². The minimum absolute atomic E-state index is 0.0174. The molecule has 0 bridgehead atoms. The molecule has 0 aliphatic heterocycles. The van der Waals surface area contributed by atoms with Crippen molar-refractivity contribution in [2.75, 3.05) is 0 Å². The molecule has 11 nitrogen and oxygen atoms in total. The van der Waals surface area contributed by atoms with Crippen LogP contribution in [0, 0.1) is 13.8 Å². The van der Waals surface area contributed by atoms with Crippen molar-refractivity contribution in [2.24, 2.45) is 0 Å². The highest BCUT2D eigenvalue weighted by atomic mass is 16.4. The van der Waals surface area contributed by atoms with Crippen molar-refractivity contribution < 1.29 is 55.2 Å². The number of hydrogen-bond acceptors (Lipinski definition) is 11. The molecule has 0 aromatic heterocycles. The molecule has 4 atom stereocenters. The fourth-order valence-electron chi connectivity index (χ4n) is 3.89. The molecule has 11 heteroatoms. The minimum Gasteiger partial charge on any atom is -0.508 e. The Labute approximate surface area is 186 Å². The van der Waals surface area contributed by atoms with Crippen LogP contribution < -0.4 is 0 Å². The van der Waals surface area contributed by atoms with E-state index in [-0.39, 0.29) is 28.0 Å². The molecule has 8 N–H and O–H groups in total. The van der Waals surface area contributed by atoms with E-state index < -0.39 is 75.7 Å². The molecule has 33 heavy (non-hydrogen) atoms. The number of phenolic OH excluding ortho intramolecular Hbond substituents is 4. The summed E-state index contributed by atoms with van der Waals surface area (Å²) in [4.78, 5) is 39.1. The van der Waals surface area contributed by atoms with Gasteiger partial charge in [-0.25, -0.2) is 0 Å². The molecule has 0 heterocycles. The molecule has 0 fully saturated rings. The summed E-state index contributed by atoms with van der Waals surface area (Å²) < 4.78 is 0. The van der Waals surface area contributed by atoms with Crippen LogP contribution in [0.25, 0.3) is 0 Å². The van der Waals surface area contributed by atoms with Gasteiger partial charge in [-0.05, 0) is 32.4 Å². The van der Waals surface area contributed by atoms with E-state index in [0.29, 0.717) is 0 Å². The van der Waals surface area contributed by atoms with Gasteiger partial charge in [0.15, 0.2) is 23.1 Å². The molecule has 0 spiro atoms. The van der Waals surface area contributed by atoms with Crippen molar-refractivity contribution in [1.29, 1.82) is 0 Å². The largest absolute Gasteiger partial charge is 0.508 e. The van der Waals surface area contributed by atoms with Gasteiger partial charge in [0, 0.05) is 16.7 Å². The van der Waals surface area contributed by atoms with Gasteiger partial charge < -0.3 is 40.9 Å². The number of rotatable bonds is 5. The molecule has 1 aliphatic carbocycles. The Morgan fingerprint density at radius 1 is 0.758 bits per heavy atom. The number of ketones is 3. The number of hydrogen-bond donors (Lipinski definition) is 8. The number of benzene rings is 2. The molecule has 0 saturated heterocycles. The molecule has 1 aliphatic rings. The summed E-state index contributed by atoms with van der Waals surface area (Å²) in [5, 5.41) is 80.7. The standard InChI is InChI=1S/C22H22O11/c1-5-4-8(24)6(2)10-9(5)15(26)11-12(16(10)27)18(29)19(30)13(17(11)28)20(31)22(33)21(32)14(25)7(3)23/h4,7,14,21-25,28-30,32-33H,1-3H3. The van der Waals surface area contributed by atoms with Crippen molar-refractivity contribution in [3.05, 3.63) is 45.0 Å². The molecule has 4 unspecified atom stereocenters. The monoisotopic (exact) mass is 462 g/mol. The molecule has 0 saturated carbocycles. The van der Waals surface area contributed by atoms with Gasteiger partial charge in [-0.3, -0.25) is 14.4 Å². The Morgan fingerprint density at radius 3 is 1.82 bits per heavy atom. The number of carbonyl (C=O) groups is 3. The highest BCUT2D eigenvalue weighted by Crippen LogP contribution is 2.48. The Balaban J connectivity index is 2.26. The second kappa shape index (κ2) is 8.12. The van der Waals surface area contributed by atoms with Crippen LogP contribution in [-0.4, -0.2) is 82.6 Å². The normalized spacial score (nSPS) is 16.6. The number of phenols is 4. The third kappa shape index (κ3) is 3.42. The van der Waals surface area contributed by atoms with Gasteiger partial charge in [0.2, 0.25) is 5.78 Å². The topological polar surface area (TPSA) is 213 Å². The molecular weight excluding hydrogens is 440 g/mol. The van der Waals surface area contributed by atoms with E-state index >= 15 is 0 Å². The van der Waals surface area contributed by atoms with Gasteiger partial charge >= 0.3 is 0 Å². The number of aliphatic hydroxyl groups excluding tert-OH is 4. The molecule has 3 rings (SSSR count). The smallest absolute Gasteiger partial charge is 0.201 e. The van der Waals surface area contributed by atoms with Gasteiger partial charge in [-0.15, -0.1) is 0 Å². The summed E-state index contributed by atoms with van der Waals surface area (Å²) in [6.45, 7) is 3.83. The van der Waals surface area contributed by atoms with E-state index in [2.05, 4.69) is 0 Å². The zero-order valence-corrected chi connectivity index (χ0v) is 17.7. The van der Waals surface area contributed by atoms with E-state index in [4.69, 9.17) is 0 Å². The zero-order chi connectivity index (χ0) is 25.1. The first kappa shape index (κ1) is 24.1. The van der Waals surface area contributed by atoms with Crippen molar-refractivity contribution in [3.63, 3.8) is 0 Å². The third-order valence-electron chi connectivity index (χ3n) is 5.77. The number of Topliss-reactive ketones (excluding diaryl/α,β-unsaturated/α-hetero) is 1. The van der Waals surface area contributed by atoms with Crippen molar-refractivity contribution in [3.8, 4) is 23.0 Å². The number of carbonyl (C=O) groups excluding carboxylic acids is 3. The SMILES string of the molecule is Cc1cc(O)c(C)c2c1C(=O)c1c(O)c(C(=O)C(O)C(O)C(O)C(C)O)c(O)c(O)c1C2=O. The van der Waals surface area contributed by atoms with E-state index in [1.807, 2.05) is 0 Å². The summed E-state index contributed by atoms with van der Waals surface area (Å²) in [6.07, 6.45) is -8.32. The predicted octanol–water partition coefficient (Wildman–Crippen LogP) is -0.453. The van der Waals surface area contributed by atoms with E-state index in [1.165, 1.54) is 19.9 Å². The Kier molecular flexibility index (Phi) is 5.94.